The van der Waals surface area contributed by atoms with E-state index in [1.807, 2.05) is 21.6 Å². The summed E-state index contributed by atoms with van der Waals surface area (Å²) in [5.74, 6) is 1.40. The smallest absolute Gasteiger partial charge is 0.450 e. The Morgan fingerprint density at radius 1 is 1.08 bits per heavy atom. The Morgan fingerprint density at radius 3 is 2.47 bits per heavy atom. The first-order valence-corrected chi connectivity index (χ1v) is 12.8. The molecule has 204 valence electrons. The maximum atomic E-state index is 13.3. The molecule has 0 unspecified atom stereocenters. The maximum absolute atomic E-state index is 13.3. The number of carboxylic acid groups (broad SMARTS) is 2. The molecule has 5 rings (SSSR count). The van der Waals surface area contributed by atoms with Crippen LogP contribution in [-0.2, 0) is 30.5 Å². The Bertz CT molecular complexity index is 1290. The van der Waals surface area contributed by atoms with E-state index in [4.69, 9.17) is 15.0 Å². The summed E-state index contributed by atoms with van der Waals surface area (Å²) >= 11 is 0. The Morgan fingerprint density at radius 2 is 1.79 bits per heavy atom. The molecule has 2 aromatic heterocycles. The highest BCUT2D eigenvalue weighted by Crippen LogP contribution is 2.34. The van der Waals surface area contributed by atoms with E-state index in [2.05, 4.69) is 11.9 Å². The van der Waals surface area contributed by atoms with Gasteiger partial charge in [-0.2, -0.15) is 13.2 Å². The summed E-state index contributed by atoms with van der Waals surface area (Å²) in [5.41, 5.74) is 2.83. The summed E-state index contributed by atoms with van der Waals surface area (Å²) in [6.45, 7) is 3.72. The largest absolute Gasteiger partial charge is 0.503 e. The molecule has 10 heteroatoms. The monoisotopic (exact) mass is 531 g/mol. The van der Waals surface area contributed by atoms with Crippen molar-refractivity contribution in [3.8, 4) is 0 Å². The molecule has 0 spiro atoms. The zero-order valence-corrected chi connectivity index (χ0v) is 21.2. The molecule has 3 heterocycles. The highest BCUT2D eigenvalue weighted by atomic mass is 19.4. The third-order valence-electron chi connectivity index (χ3n) is 7.56. The number of rotatable bonds is 4. The first-order chi connectivity index (χ1) is 18.0. The number of hydrogen-bond donors (Lipinski definition) is 2. The van der Waals surface area contributed by atoms with Gasteiger partial charge in [-0.3, -0.25) is 4.79 Å². The minimum absolute atomic E-state index is 0.189. The van der Waals surface area contributed by atoms with E-state index < -0.39 is 17.9 Å². The van der Waals surface area contributed by atoms with E-state index in [1.54, 1.807) is 12.3 Å². The molecule has 1 aliphatic carbocycles. The predicted molar refractivity (Wildman–Crippen MR) is 136 cm³/mol. The number of amides is 1. The summed E-state index contributed by atoms with van der Waals surface area (Å²) in [5, 5.41) is 15.0. The Balaban J connectivity index is 0.000000786. The average molecular weight is 532 g/mol. The van der Waals surface area contributed by atoms with Crippen molar-refractivity contribution in [2.75, 3.05) is 6.54 Å². The lowest BCUT2D eigenvalue weighted by atomic mass is 9.81. The number of pyridine rings is 1. The van der Waals surface area contributed by atoms with Crippen molar-refractivity contribution in [1.29, 1.82) is 0 Å². The molecule has 1 aromatic carbocycles. The highest BCUT2D eigenvalue weighted by Gasteiger charge is 2.31. The van der Waals surface area contributed by atoms with Crippen LogP contribution < -0.4 is 0 Å². The first-order valence-electron chi connectivity index (χ1n) is 12.8. The van der Waals surface area contributed by atoms with E-state index in [1.165, 1.54) is 25.0 Å². The Kier molecular flexibility index (Phi) is 8.28. The molecule has 0 bridgehead atoms. The van der Waals surface area contributed by atoms with Crippen molar-refractivity contribution in [3.63, 3.8) is 0 Å². The van der Waals surface area contributed by atoms with Crippen LogP contribution in [0, 0.1) is 11.8 Å². The van der Waals surface area contributed by atoms with Gasteiger partial charge in [0.25, 0.3) is 0 Å². The summed E-state index contributed by atoms with van der Waals surface area (Å²) in [7, 11) is 0. The number of nitrogens with zero attached hydrogens (tertiary/aromatic N) is 3. The molecule has 1 amide bonds. The van der Waals surface area contributed by atoms with Crippen molar-refractivity contribution in [2.45, 2.75) is 64.7 Å². The van der Waals surface area contributed by atoms with Crippen LogP contribution >= 0.6 is 0 Å². The average Bonchev–Trinajstić information content (AvgIpc) is 3.18. The number of alkyl halides is 3. The van der Waals surface area contributed by atoms with Crippen LogP contribution in [0.1, 0.15) is 61.4 Å². The third kappa shape index (κ3) is 6.46. The van der Waals surface area contributed by atoms with Crippen LogP contribution in [0.2, 0.25) is 0 Å². The summed E-state index contributed by atoms with van der Waals surface area (Å²) < 4.78 is 41.8. The molecule has 3 aromatic rings. The van der Waals surface area contributed by atoms with Crippen LogP contribution in [0.25, 0.3) is 11.0 Å². The molecular formula is C28H32F3N3O4. The topological polar surface area (TPSA) is 95.7 Å². The third-order valence-corrected chi connectivity index (χ3v) is 7.56. The minimum atomic E-state index is -4.38. The SMILES string of the molecule is C[C@H]1CC[C@@H](CC(=O)N2CCc3c(n(Cc4cccc(C(F)(F)F)c4)c4ncccc34)C2)CC1.O=C(O)O. The molecule has 0 saturated heterocycles. The van der Waals surface area contributed by atoms with E-state index in [9.17, 15) is 18.0 Å². The molecule has 0 radical (unpaired) electrons. The number of hydrogen-bond acceptors (Lipinski definition) is 3. The maximum Gasteiger partial charge on any atom is 0.503 e. The molecule has 38 heavy (non-hydrogen) atoms. The lowest BCUT2D eigenvalue weighted by molar-refractivity contribution is -0.137. The summed E-state index contributed by atoms with van der Waals surface area (Å²) in [6, 6.07) is 9.37. The number of carbonyl (C=O) groups excluding carboxylic acids is 1. The van der Waals surface area contributed by atoms with Gasteiger partial charge in [0.05, 0.1) is 12.1 Å². The molecule has 1 saturated carbocycles. The normalized spacial score (nSPS) is 19.4. The Labute approximate surface area is 218 Å². The molecule has 7 nitrogen and oxygen atoms in total. The van der Waals surface area contributed by atoms with Crippen molar-refractivity contribution in [2.24, 2.45) is 11.8 Å². The van der Waals surface area contributed by atoms with Crippen LogP contribution in [-0.4, -0.2) is 43.3 Å². The second-order valence-electron chi connectivity index (χ2n) is 10.3. The zero-order valence-electron chi connectivity index (χ0n) is 21.2. The fourth-order valence-electron chi connectivity index (χ4n) is 5.58. The van der Waals surface area contributed by atoms with Gasteiger partial charge in [-0.1, -0.05) is 31.9 Å². The van der Waals surface area contributed by atoms with Crippen molar-refractivity contribution in [3.05, 3.63) is 65.0 Å². The van der Waals surface area contributed by atoms with Gasteiger partial charge in [-0.15, -0.1) is 0 Å². The van der Waals surface area contributed by atoms with Crippen molar-refractivity contribution >= 4 is 23.1 Å². The number of fused-ring (bicyclic) bond motifs is 3. The van der Waals surface area contributed by atoms with Gasteiger partial charge < -0.3 is 19.7 Å². The fraction of sp³-hybridized carbons (Fsp3) is 0.464. The second-order valence-corrected chi connectivity index (χ2v) is 10.3. The number of halogens is 3. The van der Waals surface area contributed by atoms with Crippen LogP contribution in [0.3, 0.4) is 0 Å². The number of aromatic nitrogens is 2. The van der Waals surface area contributed by atoms with Crippen LogP contribution in [0.15, 0.2) is 42.6 Å². The van der Waals surface area contributed by atoms with Gasteiger partial charge in [-0.05, 0) is 66.5 Å². The molecule has 0 atom stereocenters. The first kappa shape index (κ1) is 27.5. The van der Waals surface area contributed by atoms with E-state index in [0.29, 0.717) is 31.0 Å². The highest BCUT2D eigenvalue weighted by molar-refractivity contribution is 5.84. The molecule has 1 aliphatic heterocycles. The van der Waals surface area contributed by atoms with Gasteiger partial charge >= 0.3 is 12.3 Å². The van der Waals surface area contributed by atoms with Gasteiger partial charge in [0.2, 0.25) is 5.91 Å². The summed E-state index contributed by atoms with van der Waals surface area (Å²) in [4.78, 5) is 28.2. The van der Waals surface area contributed by atoms with E-state index >= 15 is 0 Å². The van der Waals surface area contributed by atoms with Crippen LogP contribution in [0.5, 0.6) is 0 Å². The number of benzene rings is 1. The van der Waals surface area contributed by atoms with Gasteiger partial charge in [0.1, 0.15) is 5.65 Å². The fourth-order valence-corrected chi connectivity index (χ4v) is 5.58. The lowest BCUT2D eigenvalue weighted by Gasteiger charge is -2.31. The second kappa shape index (κ2) is 11.4. The van der Waals surface area contributed by atoms with E-state index in [-0.39, 0.29) is 12.5 Å². The van der Waals surface area contributed by atoms with Gasteiger partial charge in [0, 0.05) is 36.8 Å². The van der Waals surface area contributed by atoms with Gasteiger partial charge in [-0.25, -0.2) is 9.78 Å². The molecule has 2 aliphatic rings. The standard InChI is InChI=1S/C27H30F3N3O.CH2O3/c1-18-7-9-19(10-8-18)15-25(34)32-13-11-22-23-6-3-12-31-26(23)33(24(22)17-32)16-20-4-2-5-21(14-20)27(28,29)30;2-1(3)4/h2-6,12,14,18-19H,7-11,13,15-17H2,1H3;(H2,2,3,4)/t18-,19+;. The minimum Gasteiger partial charge on any atom is -0.450 e. The Hall–Kier alpha value is -3.56. The molecule has 2 N–H and O–H groups in total. The predicted octanol–water partition coefficient (Wildman–Crippen LogP) is 6.43. The van der Waals surface area contributed by atoms with Crippen molar-refractivity contribution < 1.29 is 33.0 Å². The molecule has 1 fully saturated rings. The zero-order chi connectivity index (χ0) is 27.4. The quantitative estimate of drug-likeness (QED) is 0.405. The number of carbonyl (C=O) groups is 2. The molecular weight excluding hydrogens is 499 g/mol. The van der Waals surface area contributed by atoms with Crippen molar-refractivity contribution in [1.82, 2.24) is 14.5 Å². The van der Waals surface area contributed by atoms with Crippen LogP contribution in [0.4, 0.5) is 18.0 Å². The van der Waals surface area contributed by atoms with E-state index in [0.717, 1.165) is 53.5 Å². The summed E-state index contributed by atoms with van der Waals surface area (Å²) in [6.07, 6.45) is 1.44. The van der Waals surface area contributed by atoms with Gasteiger partial charge in [0.15, 0.2) is 0 Å². The lowest BCUT2D eigenvalue weighted by Crippen LogP contribution is -2.37.